The minimum Gasteiger partial charge on any atom is -0.383 e. The van der Waals surface area contributed by atoms with E-state index in [1.807, 2.05) is 10.9 Å². The number of anilines is 1. The van der Waals surface area contributed by atoms with Crippen molar-refractivity contribution in [2.45, 2.75) is 51.2 Å². The minimum atomic E-state index is 0.103. The molecular formula is C19H32N6O2S. The third-order valence-electron chi connectivity index (χ3n) is 4.52. The van der Waals surface area contributed by atoms with Gasteiger partial charge in [-0.05, 0) is 19.1 Å². The highest BCUT2D eigenvalue weighted by Gasteiger charge is 2.17. The van der Waals surface area contributed by atoms with Gasteiger partial charge in [-0.25, -0.2) is 14.6 Å². The second-order valence-electron chi connectivity index (χ2n) is 6.65. The quantitative estimate of drug-likeness (QED) is 0.299. The molecule has 156 valence electrons. The summed E-state index contributed by atoms with van der Waals surface area (Å²) in [5, 5.41) is 12.4. The van der Waals surface area contributed by atoms with Crippen LogP contribution in [-0.4, -0.2) is 58.7 Å². The fraction of sp³-hybridized carbons (Fsp3) is 0.684. The average molecular weight is 409 g/mol. The number of rotatable bonds is 13. The Labute approximate surface area is 171 Å². The van der Waals surface area contributed by atoms with Crippen LogP contribution in [0.25, 0.3) is 11.0 Å². The zero-order valence-electron chi connectivity index (χ0n) is 17.3. The van der Waals surface area contributed by atoms with E-state index in [9.17, 15) is 4.79 Å². The van der Waals surface area contributed by atoms with E-state index in [1.165, 1.54) is 11.8 Å². The number of nitrogens with zero attached hydrogens (tertiary/aromatic N) is 4. The lowest BCUT2D eigenvalue weighted by Crippen LogP contribution is -2.33. The van der Waals surface area contributed by atoms with Gasteiger partial charge in [0.2, 0.25) is 5.91 Å². The zero-order valence-corrected chi connectivity index (χ0v) is 18.1. The molecule has 8 nitrogen and oxygen atoms in total. The molecule has 0 aliphatic rings. The van der Waals surface area contributed by atoms with Crippen LogP contribution < -0.4 is 10.6 Å². The van der Waals surface area contributed by atoms with Crippen molar-refractivity contribution >= 4 is 34.5 Å². The first-order valence-corrected chi connectivity index (χ1v) is 11.1. The number of ether oxygens (including phenoxy) is 1. The summed E-state index contributed by atoms with van der Waals surface area (Å²) in [6.07, 6.45) is 7.64. The van der Waals surface area contributed by atoms with Crippen LogP contribution in [0.2, 0.25) is 0 Å². The van der Waals surface area contributed by atoms with Crippen molar-refractivity contribution in [1.82, 2.24) is 25.1 Å². The van der Waals surface area contributed by atoms with Crippen LogP contribution in [0, 0.1) is 5.92 Å². The molecule has 2 rings (SSSR count). The van der Waals surface area contributed by atoms with Gasteiger partial charge in [-0.2, -0.15) is 5.10 Å². The number of thioether (sulfide) groups is 1. The van der Waals surface area contributed by atoms with Crippen molar-refractivity contribution in [2.24, 2.45) is 5.92 Å². The molecule has 0 radical (unpaired) electrons. The second kappa shape index (κ2) is 11.9. The number of carbonyl (C=O) groups excluding carboxylic acids is 1. The maximum Gasteiger partial charge on any atom is 0.223 e. The fourth-order valence-corrected chi connectivity index (χ4v) is 3.49. The van der Waals surface area contributed by atoms with Crippen LogP contribution in [-0.2, 0) is 16.1 Å². The molecule has 2 heterocycles. The molecule has 1 amide bonds. The van der Waals surface area contributed by atoms with Crippen molar-refractivity contribution in [2.75, 3.05) is 38.4 Å². The van der Waals surface area contributed by atoms with Gasteiger partial charge in [0.05, 0.1) is 24.7 Å². The predicted molar refractivity (Wildman–Crippen MR) is 114 cm³/mol. The smallest absolute Gasteiger partial charge is 0.223 e. The fourth-order valence-electron chi connectivity index (χ4n) is 3.13. The first kappa shape index (κ1) is 22.4. The second-order valence-corrected chi connectivity index (χ2v) is 7.42. The van der Waals surface area contributed by atoms with Gasteiger partial charge in [-0.15, -0.1) is 0 Å². The number of methoxy groups -OCH3 is 1. The van der Waals surface area contributed by atoms with Crippen molar-refractivity contribution in [3.05, 3.63) is 6.20 Å². The number of amides is 1. The summed E-state index contributed by atoms with van der Waals surface area (Å²) in [4.78, 5) is 21.6. The van der Waals surface area contributed by atoms with E-state index >= 15 is 0 Å². The summed E-state index contributed by atoms with van der Waals surface area (Å²) in [6, 6.07) is 0. The Morgan fingerprint density at radius 3 is 2.64 bits per heavy atom. The van der Waals surface area contributed by atoms with Crippen LogP contribution in [0.3, 0.4) is 0 Å². The van der Waals surface area contributed by atoms with E-state index < -0.39 is 0 Å². The van der Waals surface area contributed by atoms with E-state index in [0.29, 0.717) is 31.4 Å². The molecule has 0 bridgehead atoms. The van der Waals surface area contributed by atoms with E-state index in [-0.39, 0.29) is 11.8 Å². The molecule has 0 atom stereocenters. The summed E-state index contributed by atoms with van der Waals surface area (Å²) in [6.45, 7) is 6.60. The van der Waals surface area contributed by atoms with Crippen LogP contribution in [0.5, 0.6) is 0 Å². The molecule has 0 fully saturated rings. The molecule has 0 unspecified atom stereocenters. The Morgan fingerprint density at radius 2 is 2.00 bits per heavy atom. The molecule has 0 aliphatic carbocycles. The Hall–Kier alpha value is -1.87. The van der Waals surface area contributed by atoms with Crippen molar-refractivity contribution < 1.29 is 9.53 Å². The highest BCUT2D eigenvalue weighted by molar-refractivity contribution is 7.98. The van der Waals surface area contributed by atoms with Gasteiger partial charge in [-0.3, -0.25) is 4.79 Å². The first-order valence-electron chi connectivity index (χ1n) is 9.92. The van der Waals surface area contributed by atoms with Gasteiger partial charge >= 0.3 is 0 Å². The molecule has 28 heavy (non-hydrogen) atoms. The number of aromatic nitrogens is 4. The topological polar surface area (TPSA) is 94.0 Å². The number of carbonyl (C=O) groups is 1. The van der Waals surface area contributed by atoms with E-state index in [0.717, 1.165) is 42.5 Å². The van der Waals surface area contributed by atoms with E-state index in [2.05, 4.69) is 39.5 Å². The lowest BCUT2D eigenvalue weighted by atomic mass is 9.97. The maximum absolute atomic E-state index is 12.4. The normalized spacial score (nSPS) is 11.3. The molecular weight excluding hydrogens is 376 g/mol. The lowest BCUT2D eigenvalue weighted by Gasteiger charge is -2.15. The zero-order chi connectivity index (χ0) is 20.4. The third kappa shape index (κ3) is 6.07. The van der Waals surface area contributed by atoms with Crippen LogP contribution in [0.15, 0.2) is 11.4 Å². The molecule has 0 saturated heterocycles. The van der Waals surface area contributed by atoms with E-state index in [1.54, 1.807) is 13.3 Å². The molecule has 9 heteroatoms. The van der Waals surface area contributed by atoms with E-state index in [4.69, 9.17) is 4.74 Å². The summed E-state index contributed by atoms with van der Waals surface area (Å²) in [5.41, 5.74) is 0.771. The number of hydrogen-bond acceptors (Lipinski definition) is 7. The molecule has 0 aromatic carbocycles. The van der Waals surface area contributed by atoms with Crippen molar-refractivity contribution in [1.29, 1.82) is 0 Å². The first-order chi connectivity index (χ1) is 13.6. The maximum atomic E-state index is 12.4. The van der Waals surface area contributed by atoms with Crippen LogP contribution in [0.4, 0.5) is 5.82 Å². The van der Waals surface area contributed by atoms with Gasteiger partial charge in [0.25, 0.3) is 0 Å². The monoisotopic (exact) mass is 408 g/mol. The van der Waals surface area contributed by atoms with Crippen molar-refractivity contribution in [3.8, 4) is 0 Å². The highest BCUT2D eigenvalue weighted by atomic mass is 32.2. The van der Waals surface area contributed by atoms with Crippen LogP contribution in [0.1, 0.15) is 39.5 Å². The highest BCUT2D eigenvalue weighted by Crippen LogP contribution is 2.23. The molecule has 2 aromatic heterocycles. The lowest BCUT2D eigenvalue weighted by molar-refractivity contribution is -0.125. The largest absolute Gasteiger partial charge is 0.383 e. The van der Waals surface area contributed by atoms with Gasteiger partial charge in [0, 0.05) is 26.1 Å². The Balaban J connectivity index is 2.06. The van der Waals surface area contributed by atoms with Gasteiger partial charge in [-0.1, -0.05) is 38.5 Å². The minimum absolute atomic E-state index is 0.103. The third-order valence-corrected chi connectivity index (χ3v) is 5.07. The predicted octanol–water partition coefficient (Wildman–Crippen LogP) is 2.94. The van der Waals surface area contributed by atoms with Crippen molar-refractivity contribution in [3.63, 3.8) is 0 Å². The molecule has 2 N–H and O–H groups in total. The van der Waals surface area contributed by atoms with Gasteiger partial charge < -0.3 is 15.4 Å². The summed E-state index contributed by atoms with van der Waals surface area (Å²) < 4.78 is 6.92. The number of fused-ring (bicyclic) bond motifs is 1. The Bertz CT molecular complexity index is 745. The Kier molecular flexibility index (Phi) is 9.49. The average Bonchev–Trinajstić information content (AvgIpc) is 3.11. The number of nitrogens with one attached hydrogen (secondary N) is 2. The summed E-state index contributed by atoms with van der Waals surface area (Å²) >= 11 is 1.49. The summed E-state index contributed by atoms with van der Waals surface area (Å²) in [5.74, 6) is 1.00. The molecule has 0 spiro atoms. The van der Waals surface area contributed by atoms with Gasteiger partial charge in [0.15, 0.2) is 10.8 Å². The SMILES string of the molecule is CCCC(CCC)C(=O)NCCn1ncc2c(NCCOC)nc(SC)nc21. The van der Waals surface area contributed by atoms with Crippen LogP contribution >= 0.6 is 11.8 Å². The molecule has 0 aliphatic heterocycles. The number of hydrogen-bond donors (Lipinski definition) is 2. The Morgan fingerprint density at radius 1 is 1.25 bits per heavy atom. The summed E-state index contributed by atoms with van der Waals surface area (Å²) in [7, 11) is 1.67. The molecule has 2 aromatic rings. The van der Waals surface area contributed by atoms with Gasteiger partial charge in [0.1, 0.15) is 5.82 Å². The molecule has 0 saturated carbocycles. The standard InChI is InChI=1S/C19H32N6O2S/c1-5-7-14(8-6-2)18(26)21-9-11-25-17-15(13-22-25)16(20-10-12-27-3)23-19(24-17)28-4/h13-14H,5-12H2,1-4H3,(H,21,26)(H,20,23,24).